The van der Waals surface area contributed by atoms with Gasteiger partial charge in [-0.2, -0.15) is 0 Å². The number of nitrogens with zero attached hydrogens (tertiary/aromatic N) is 1. The Kier molecular flexibility index (Phi) is 4.24. The Labute approximate surface area is 85.3 Å². The molecule has 0 rings (SSSR count). The molecule has 0 aliphatic rings. The zero-order valence-corrected chi connectivity index (χ0v) is 10.5. The van der Waals surface area contributed by atoms with Gasteiger partial charge in [0.25, 0.3) is 5.91 Å². The molecule has 0 fully saturated rings. The van der Waals surface area contributed by atoms with Gasteiger partial charge in [-0.25, -0.2) is 8.78 Å². The van der Waals surface area contributed by atoms with Crippen molar-refractivity contribution in [3.05, 3.63) is 0 Å². The minimum Gasteiger partial charge on any atom is -0.338 e. The number of rotatable bonds is 4. The average molecular weight is 223 g/mol. The maximum Gasteiger partial charge on any atom is 0.303 e. The first-order valence-electron chi connectivity index (χ1n) is 4.85. The number of amides is 1. The first-order valence-corrected chi connectivity index (χ1v) is 8.35. The fourth-order valence-electron chi connectivity index (χ4n) is 1.03. The maximum atomic E-state index is 13.6. The molecule has 0 unspecified atom stereocenters. The van der Waals surface area contributed by atoms with Gasteiger partial charge in [0.15, 0.2) is 0 Å². The van der Waals surface area contributed by atoms with E-state index in [9.17, 15) is 13.6 Å². The standard InChI is InChI=1S/C9H19F2NOSi/c1-6-12(7-2)8(13)9(10,11)14(3,4)5/h6-7H2,1-5H3. The summed E-state index contributed by atoms with van der Waals surface area (Å²) in [5.41, 5.74) is -3.15. The summed E-state index contributed by atoms with van der Waals surface area (Å²) >= 11 is 0. The lowest BCUT2D eigenvalue weighted by molar-refractivity contribution is -0.147. The summed E-state index contributed by atoms with van der Waals surface area (Å²) in [6.45, 7) is 8.63. The van der Waals surface area contributed by atoms with E-state index in [1.54, 1.807) is 13.8 Å². The van der Waals surface area contributed by atoms with Crippen LogP contribution in [0.3, 0.4) is 0 Å². The lowest BCUT2D eigenvalue weighted by atomic mass is 10.4. The van der Waals surface area contributed by atoms with E-state index in [4.69, 9.17) is 0 Å². The Morgan fingerprint density at radius 1 is 1.21 bits per heavy atom. The van der Waals surface area contributed by atoms with E-state index in [1.807, 2.05) is 0 Å². The lowest BCUT2D eigenvalue weighted by Crippen LogP contribution is -2.56. The fraction of sp³-hybridized carbons (Fsp3) is 0.889. The van der Waals surface area contributed by atoms with Gasteiger partial charge in [-0.05, 0) is 13.8 Å². The van der Waals surface area contributed by atoms with Crippen LogP contribution in [0.1, 0.15) is 13.8 Å². The van der Waals surface area contributed by atoms with Crippen molar-refractivity contribution in [3.63, 3.8) is 0 Å². The minimum atomic E-state index is -3.15. The zero-order chi connectivity index (χ0) is 11.6. The highest BCUT2D eigenvalue weighted by Gasteiger charge is 2.52. The number of carbonyl (C=O) groups excluding carboxylic acids is 1. The van der Waals surface area contributed by atoms with Crippen molar-refractivity contribution < 1.29 is 13.6 Å². The van der Waals surface area contributed by atoms with Crippen LogP contribution in [0.4, 0.5) is 8.78 Å². The van der Waals surface area contributed by atoms with E-state index in [0.717, 1.165) is 0 Å². The molecule has 0 spiro atoms. The van der Waals surface area contributed by atoms with Crippen LogP contribution in [-0.2, 0) is 4.79 Å². The highest BCUT2D eigenvalue weighted by Crippen LogP contribution is 2.29. The smallest absolute Gasteiger partial charge is 0.303 e. The molecule has 0 aromatic rings. The highest BCUT2D eigenvalue weighted by atomic mass is 28.3. The van der Waals surface area contributed by atoms with Crippen molar-refractivity contribution in [2.45, 2.75) is 39.0 Å². The molecule has 0 bridgehead atoms. The molecule has 84 valence electrons. The van der Waals surface area contributed by atoms with Gasteiger partial charge < -0.3 is 4.90 Å². The first-order chi connectivity index (χ1) is 6.18. The minimum absolute atomic E-state index is 0.343. The third kappa shape index (κ3) is 2.53. The third-order valence-corrected chi connectivity index (χ3v) is 4.36. The van der Waals surface area contributed by atoms with E-state index < -0.39 is 19.5 Å². The second kappa shape index (κ2) is 4.38. The zero-order valence-electron chi connectivity index (χ0n) is 9.53. The van der Waals surface area contributed by atoms with E-state index in [1.165, 1.54) is 24.5 Å². The van der Waals surface area contributed by atoms with Crippen molar-refractivity contribution >= 4 is 14.0 Å². The number of hydrogen-bond acceptors (Lipinski definition) is 1. The molecule has 0 aromatic heterocycles. The Morgan fingerprint density at radius 2 is 1.57 bits per heavy atom. The van der Waals surface area contributed by atoms with Gasteiger partial charge in [0.1, 0.15) is 8.07 Å². The maximum absolute atomic E-state index is 13.6. The van der Waals surface area contributed by atoms with Crippen molar-refractivity contribution in [2.75, 3.05) is 13.1 Å². The number of halogens is 2. The summed E-state index contributed by atoms with van der Waals surface area (Å²) in [7, 11) is -2.77. The first kappa shape index (κ1) is 13.5. The van der Waals surface area contributed by atoms with Crippen molar-refractivity contribution in [1.82, 2.24) is 4.90 Å². The van der Waals surface area contributed by atoms with Gasteiger partial charge in [-0.3, -0.25) is 4.79 Å². The van der Waals surface area contributed by atoms with Crippen LogP contribution in [0.25, 0.3) is 0 Å². The molecule has 0 heterocycles. The highest BCUT2D eigenvalue weighted by molar-refractivity contribution is 6.81. The Hall–Kier alpha value is -0.453. The topological polar surface area (TPSA) is 20.3 Å². The van der Waals surface area contributed by atoms with Gasteiger partial charge >= 0.3 is 5.55 Å². The van der Waals surface area contributed by atoms with E-state index in [2.05, 4.69) is 0 Å². The van der Waals surface area contributed by atoms with Gasteiger partial charge in [0, 0.05) is 13.1 Å². The summed E-state index contributed by atoms with van der Waals surface area (Å²) in [6, 6.07) is 0. The van der Waals surface area contributed by atoms with Gasteiger partial charge in [-0.15, -0.1) is 0 Å². The van der Waals surface area contributed by atoms with Gasteiger partial charge in [-0.1, -0.05) is 19.6 Å². The normalized spacial score (nSPS) is 12.8. The summed E-state index contributed by atoms with van der Waals surface area (Å²) in [6.07, 6.45) is 0. The van der Waals surface area contributed by atoms with Crippen LogP contribution in [0.5, 0.6) is 0 Å². The monoisotopic (exact) mass is 223 g/mol. The van der Waals surface area contributed by atoms with Crippen LogP contribution >= 0.6 is 0 Å². The van der Waals surface area contributed by atoms with Crippen LogP contribution in [0.15, 0.2) is 0 Å². The van der Waals surface area contributed by atoms with Crippen LogP contribution in [0, 0.1) is 0 Å². The molecule has 0 aliphatic carbocycles. The van der Waals surface area contributed by atoms with Crippen molar-refractivity contribution in [3.8, 4) is 0 Å². The molecule has 0 aliphatic heterocycles. The van der Waals surface area contributed by atoms with Gasteiger partial charge in [0.05, 0.1) is 0 Å². The van der Waals surface area contributed by atoms with Crippen LogP contribution < -0.4 is 0 Å². The predicted octanol–water partition coefficient (Wildman–Crippen LogP) is 2.37. The fourth-order valence-corrected chi connectivity index (χ4v) is 1.83. The molecule has 2 nitrogen and oxygen atoms in total. The van der Waals surface area contributed by atoms with Crippen molar-refractivity contribution in [1.29, 1.82) is 0 Å². The Morgan fingerprint density at radius 3 is 1.79 bits per heavy atom. The van der Waals surface area contributed by atoms with Crippen LogP contribution in [0.2, 0.25) is 19.6 Å². The van der Waals surface area contributed by atoms with E-state index in [0.29, 0.717) is 13.1 Å². The average Bonchev–Trinajstić information content (AvgIpc) is 2.04. The second-order valence-electron chi connectivity index (χ2n) is 4.30. The lowest BCUT2D eigenvalue weighted by Gasteiger charge is -2.31. The molecule has 5 heteroatoms. The number of carbonyl (C=O) groups is 1. The van der Waals surface area contributed by atoms with E-state index in [-0.39, 0.29) is 0 Å². The number of alkyl halides is 2. The summed E-state index contributed by atoms with van der Waals surface area (Å²) in [4.78, 5) is 12.7. The van der Waals surface area contributed by atoms with Crippen molar-refractivity contribution in [2.24, 2.45) is 0 Å². The Bertz CT molecular complexity index is 209. The molecule has 0 radical (unpaired) electrons. The van der Waals surface area contributed by atoms with Crippen LogP contribution in [-0.4, -0.2) is 37.5 Å². The molecular weight excluding hydrogens is 204 g/mol. The summed E-state index contributed by atoms with van der Waals surface area (Å²) in [5, 5.41) is 0. The second-order valence-corrected chi connectivity index (χ2v) is 9.43. The number of hydrogen-bond donors (Lipinski definition) is 0. The molecule has 0 aromatic carbocycles. The quantitative estimate of drug-likeness (QED) is 0.670. The third-order valence-electron chi connectivity index (χ3n) is 2.26. The van der Waals surface area contributed by atoms with E-state index >= 15 is 0 Å². The molecule has 0 N–H and O–H groups in total. The molecule has 14 heavy (non-hydrogen) atoms. The molecule has 0 saturated carbocycles. The molecule has 0 saturated heterocycles. The predicted molar refractivity (Wildman–Crippen MR) is 56.2 cm³/mol. The summed E-state index contributed by atoms with van der Waals surface area (Å²) < 4.78 is 27.2. The Balaban J connectivity index is 4.83. The molecular formula is C9H19F2NOSi. The largest absolute Gasteiger partial charge is 0.338 e. The van der Waals surface area contributed by atoms with Gasteiger partial charge in [0.2, 0.25) is 0 Å². The molecule has 0 atom stereocenters. The SMILES string of the molecule is CCN(CC)C(=O)C(F)(F)[Si](C)(C)C. The molecule has 1 amide bonds. The summed E-state index contributed by atoms with van der Waals surface area (Å²) in [5.74, 6) is -1.01.